The fourth-order valence-electron chi connectivity index (χ4n) is 6.84. The molecule has 214 valence electrons. The lowest BCUT2D eigenvalue weighted by Crippen LogP contribution is -1.91. The number of benzene rings is 6. The first-order valence-corrected chi connectivity index (χ1v) is 15.5. The van der Waals surface area contributed by atoms with Crippen molar-refractivity contribution in [3.63, 3.8) is 0 Å². The molecule has 6 aromatic carbocycles. The highest BCUT2D eigenvalue weighted by atomic mass is 14.7. The van der Waals surface area contributed by atoms with Gasteiger partial charge in [0, 0.05) is 47.7 Å². The Morgan fingerprint density at radius 3 is 1.43 bits per heavy atom. The highest BCUT2D eigenvalue weighted by Gasteiger charge is 2.16. The number of rotatable bonds is 5. The van der Waals surface area contributed by atoms with Crippen molar-refractivity contribution >= 4 is 32.3 Å². The summed E-state index contributed by atoms with van der Waals surface area (Å²) in [4.78, 5) is 13.3. The van der Waals surface area contributed by atoms with E-state index in [-0.39, 0.29) is 0 Å². The van der Waals surface area contributed by atoms with Crippen molar-refractivity contribution in [3.05, 3.63) is 164 Å². The minimum absolute atomic E-state index is 0.983. The summed E-state index contributed by atoms with van der Waals surface area (Å²) in [6.07, 6.45) is 9.34. The van der Waals surface area contributed by atoms with Crippen LogP contribution in [0, 0.1) is 0 Å². The zero-order chi connectivity index (χ0) is 30.5. The molecule has 9 aromatic rings. The van der Waals surface area contributed by atoms with Crippen molar-refractivity contribution in [1.82, 2.24) is 15.0 Å². The lowest BCUT2D eigenvalue weighted by molar-refractivity contribution is 1.32. The van der Waals surface area contributed by atoms with Crippen LogP contribution in [0.15, 0.2) is 164 Å². The molecule has 46 heavy (non-hydrogen) atoms. The van der Waals surface area contributed by atoms with E-state index in [1.807, 2.05) is 55.2 Å². The Labute approximate surface area is 266 Å². The van der Waals surface area contributed by atoms with Gasteiger partial charge in [-0.2, -0.15) is 0 Å². The van der Waals surface area contributed by atoms with Crippen molar-refractivity contribution in [2.75, 3.05) is 0 Å². The molecular weight excluding hydrogens is 558 g/mol. The standard InChI is InChI=1S/C43H27N3/c1-2-22-46-41(7-1)29-10-8-28(9-11-29)37-16-12-30-15-19-40-38(17-13-31-14-18-39(37)42(30)43(31)40)36-24-34(32-5-3-20-44-26-32)23-35(25-36)33-6-4-21-45-27-33/h1-27H. The van der Waals surface area contributed by atoms with Crippen LogP contribution in [0.3, 0.4) is 0 Å². The number of pyridine rings is 3. The molecule has 3 heterocycles. The molecule has 3 aromatic heterocycles. The van der Waals surface area contributed by atoms with E-state index in [9.17, 15) is 0 Å². The van der Waals surface area contributed by atoms with Crippen molar-refractivity contribution < 1.29 is 0 Å². The van der Waals surface area contributed by atoms with Crippen LogP contribution in [-0.4, -0.2) is 15.0 Å². The molecule has 0 aliphatic carbocycles. The SMILES string of the molecule is c1ccc(-c2ccc(-c3ccc4ccc5c(-c6cc(-c7cccnc7)cc(-c7cccnc7)c6)ccc6ccc3c4c65)cc2)nc1. The first-order chi connectivity index (χ1) is 22.8. The topological polar surface area (TPSA) is 38.7 Å². The second kappa shape index (κ2) is 10.8. The normalized spacial score (nSPS) is 11.5. The molecule has 0 aliphatic heterocycles. The van der Waals surface area contributed by atoms with E-state index >= 15 is 0 Å². The largest absolute Gasteiger partial charge is 0.264 e. The Kier molecular flexibility index (Phi) is 6.14. The molecule has 0 bridgehead atoms. The summed E-state index contributed by atoms with van der Waals surface area (Å²) < 4.78 is 0. The average Bonchev–Trinajstić information content (AvgIpc) is 3.14. The van der Waals surface area contributed by atoms with Gasteiger partial charge < -0.3 is 0 Å². The molecule has 0 aliphatic rings. The number of hydrogen-bond donors (Lipinski definition) is 0. The molecule has 0 spiro atoms. The molecule has 0 radical (unpaired) electrons. The van der Waals surface area contributed by atoms with Crippen LogP contribution >= 0.6 is 0 Å². The number of aromatic nitrogens is 3. The predicted molar refractivity (Wildman–Crippen MR) is 191 cm³/mol. The van der Waals surface area contributed by atoms with Gasteiger partial charge in [0.2, 0.25) is 0 Å². The molecule has 0 saturated heterocycles. The molecule has 0 amide bonds. The first-order valence-electron chi connectivity index (χ1n) is 15.5. The molecule has 0 N–H and O–H groups in total. The van der Waals surface area contributed by atoms with Crippen LogP contribution in [0.4, 0.5) is 0 Å². The maximum Gasteiger partial charge on any atom is 0.0701 e. The second-order valence-electron chi connectivity index (χ2n) is 11.7. The highest BCUT2D eigenvalue weighted by Crippen LogP contribution is 2.43. The van der Waals surface area contributed by atoms with E-state index in [1.165, 1.54) is 54.6 Å². The Bertz CT molecular complexity index is 2430. The summed E-state index contributed by atoms with van der Waals surface area (Å²) in [5.41, 5.74) is 11.4. The predicted octanol–water partition coefficient (Wildman–Crippen LogP) is 11.1. The van der Waals surface area contributed by atoms with Gasteiger partial charge in [0.15, 0.2) is 0 Å². The van der Waals surface area contributed by atoms with E-state index < -0.39 is 0 Å². The van der Waals surface area contributed by atoms with E-state index in [2.05, 4.69) is 124 Å². The lowest BCUT2D eigenvalue weighted by atomic mass is 9.86. The van der Waals surface area contributed by atoms with E-state index in [1.54, 1.807) is 0 Å². The third-order valence-electron chi connectivity index (χ3n) is 9.05. The molecular formula is C43H27N3. The van der Waals surface area contributed by atoms with Gasteiger partial charge in [-0.25, -0.2) is 0 Å². The zero-order valence-corrected chi connectivity index (χ0v) is 24.9. The minimum atomic E-state index is 0.983. The summed E-state index contributed by atoms with van der Waals surface area (Å²) in [6.45, 7) is 0. The van der Waals surface area contributed by atoms with Crippen LogP contribution in [0.5, 0.6) is 0 Å². The van der Waals surface area contributed by atoms with Gasteiger partial charge in [0.1, 0.15) is 0 Å². The van der Waals surface area contributed by atoms with Crippen LogP contribution in [0.25, 0.3) is 88.1 Å². The summed E-state index contributed by atoms with van der Waals surface area (Å²) in [5.74, 6) is 0. The Hall–Kier alpha value is -6.19. The van der Waals surface area contributed by atoms with Crippen LogP contribution in [0.1, 0.15) is 0 Å². The highest BCUT2D eigenvalue weighted by molar-refractivity contribution is 6.27. The summed E-state index contributed by atoms with van der Waals surface area (Å²) >= 11 is 0. The smallest absolute Gasteiger partial charge is 0.0701 e. The fourth-order valence-corrected chi connectivity index (χ4v) is 6.84. The van der Waals surface area contributed by atoms with Crippen molar-refractivity contribution in [1.29, 1.82) is 0 Å². The molecule has 0 fully saturated rings. The van der Waals surface area contributed by atoms with Crippen molar-refractivity contribution in [2.24, 2.45) is 0 Å². The average molecular weight is 586 g/mol. The maximum atomic E-state index is 4.53. The van der Waals surface area contributed by atoms with Crippen molar-refractivity contribution in [3.8, 4) is 55.8 Å². The van der Waals surface area contributed by atoms with Gasteiger partial charge in [-0.1, -0.05) is 91.0 Å². The third-order valence-corrected chi connectivity index (χ3v) is 9.05. The number of hydrogen-bond acceptors (Lipinski definition) is 3. The van der Waals surface area contributed by atoms with E-state index in [0.29, 0.717) is 0 Å². The maximum absolute atomic E-state index is 4.53. The zero-order valence-electron chi connectivity index (χ0n) is 24.9. The van der Waals surface area contributed by atoms with E-state index in [0.717, 1.165) is 33.5 Å². The van der Waals surface area contributed by atoms with Gasteiger partial charge >= 0.3 is 0 Å². The van der Waals surface area contributed by atoms with Gasteiger partial charge in [0.05, 0.1) is 5.69 Å². The van der Waals surface area contributed by atoms with Gasteiger partial charge in [-0.15, -0.1) is 0 Å². The Morgan fingerprint density at radius 2 is 0.891 bits per heavy atom. The molecule has 3 nitrogen and oxygen atoms in total. The van der Waals surface area contributed by atoms with Crippen LogP contribution in [0.2, 0.25) is 0 Å². The minimum Gasteiger partial charge on any atom is -0.264 e. The summed E-state index contributed by atoms with van der Waals surface area (Å²) in [7, 11) is 0. The fraction of sp³-hybridized carbons (Fsp3) is 0. The van der Waals surface area contributed by atoms with Gasteiger partial charge in [-0.05, 0) is 108 Å². The Morgan fingerprint density at radius 1 is 0.348 bits per heavy atom. The molecule has 0 unspecified atom stereocenters. The third kappa shape index (κ3) is 4.41. The summed E-state index contributed by atoms with van der Waals surface area (Å²) in [6, 6.07) is 48.0. The molecule has 9 rings (SSSR count). The second-order valence-corrected chi connectivity index (χ2v) is 11.7. The summed E-state index contributed by atoms with van der Waals surface area (Å²) in [5, 5.41) is 7.61. The monoisotopic (exact) mass is 585 g/mol. The first kappa shape index (κ1) is 26.2. The van der Waals surface area contributed by atoms with E-state index in [4.69, 9.17) is 0 Å². The van der Waals surface area contributed by atoms with Crippen LogP contribution in [-0.2, 0) is 0 Å². The molecule has 0 atom stereocenters. The van der Waals surface area contributed by atoms with Gasteiger partial charge in [0.25, 0.3) is 0 Å². The lowest BCUT2D eigenvalue weighted by Gasteiger charge is -2.17. The van der Waals surface area contributed by atoms with Gasteiger partial charge in [-0.3, -0.25) is 15.0 Å². The Balaban J connectivity index is 1.24. The van der Waals surface area contributed by atoms with Crippen LogP contribution < -0.4 is 0 Å². The molecule has 3 heteroatoms. The van der Waals surface area contributed by atoms with Crippen molar-refractivity contribution in [2.45, 2.75) is 0 Å². The quantitative estimate of drug-likeness (QED) is 0.189. The molecule has 0 saturated carbocycles. The number of nitrogens with zero attached hydrogens (tertiary/aromatic N) is 3.